The summed E-state index contributed by atoms with van der Waals surface area (Å²) in [5, 5.41) is 2.83. The summed E-state index contributed by atoms with van der Waals surface area (Å²) in [6.07, 6.45) is 0.677. The van der Waals surface area contributed by atoms with Crippen LogP contribution < -0.4 is 11.1 Å². The van der Waals surface area contributed by atoms with Crippen molar-refractivity contribution in [1.82, 2.24) is 4.90 Å². The molecule has 0 saturated heterocycles. The Hall–Kier alpha value is -1.88. The fourth-order valence-electron chi connectivity index (χ4n) is 1.76. The first-order chi connectivity index (χ1) is 9.79. The molecule has 1 amide bonds. The van der Waals surface area contributed by atoms with E-state index in [4.69, 9.17) is 5.73 Å². The number of benzene rings is 1. The molecule has 0 saturated carbocycles. The van der Waals surface area contributed by atoms with E-state index in [1.165, 1.54) is 0 Å². The van der Waals surface area contributed by atoms with E-state index in [0.717, 1.165) is 17.2 Å². The van der Waals surface area contributed by atoms with Crippen LogP contribution in [0.5, 0.6) is 0 Å². The van der Waals surface area contributed by atoms with Crippen molar-refractivity contribution in [3.05, 3.63) is 24.3 Å². The van der Waals surface area contributed by atoms with Gasteiger partial charge in [0.25, 0.3) is 0 Å². The number of amidine groups is 1. The number of carbonyl (C=O) groups is 1. The zero-order chi connectivity index (χ0) is 16.0. The molecule has 21 heavy (non-hydrogen) atoms. The first kappa shape index (κ1) is 17.2. The molecule has 0 aliphatic rings. The maximum atomic E-state index is 11.9. The van der Waals surface area contributed by atoms with E-state index >= 15 is 0 Å². The van der Waals surface area contributed by atoms with E-state index < -0.39 is 6.04 Å². The van der Waals surface area contributed by atoms with E-state index in [2.05, 4.69) is 10.3 Å². The summed E-state index contributed by atoms with van der Waals surface area (Å²) >= 11 is 0. The Labute approximate surface area is 127 Å². The van der Waals surface area contributed by atoms with Crippen LogP contribution in [0.2, 0.25) is 0 Å². The fraction of sp³-hybridized carbons (Fsp3) is 0.500. The molecule has 1 aromatic carbocycles. The van der Waals surface area contributed by atoms with Crippen molar-refractivity contribution >= 4 is 23.1 Å². The molecule has 116 valence electrons. The Bertz CT molecular complexity index is 492. The minimum Gasteiger partial charge on any atom is -0.366 e. The molecule has 0 heterocycles. The first-order valence-corrected chi connectivity index (χ1v) is 7.18. The van der Waals surface area contributed by atoms with Crippen LogP contribution in [0.4, 0.5) is 11.4 Å². The summed E-state index contributed by atoms with van der Waals surface area (Å²) in [7, 11) is 3.90. The zero-order valence-corrected chi connectivity index (χ0v) is 13.6. The highest BCUT2D eigenvalue weighted by molar-refractivity contribution is 5.94. The highest BCUT2D eigenvalue weighted by Gasteiger charge is 2.14. The van der Waals surface area contributed by atoms with Gasteiger partial charge in [0, 0.05) is 19.8 Å². The lowest BCUT2D eigenvalue weighted by atomic mass is 10.0. The monoisotopic (exact) mass is 290 g/mol. The van der Waals surface area contributed by atoms with E-state index in [-0.39, 0.29) is 5.91 Å². The molecule has 0 bridgehead atoms. The molecule has 0 radical (unpaired) electrons. The summed E-state index contributed by atoms with van der Waals surface area (Å²) in [6.45, 7) is 6.04. The highest BCUT2D eigenvalue weighted by Crippen LogP contribution is 2.17. The molecular weight excluding hydrogens is 264 g/mol. The average molecular weight is 290 g/mol. The Kier molecular flexibility index (Phi) is 6.37. The maximum absolute atomic E-state index is 11.9. The smallest absolute Gasteiger partial charge is 0.241 e. The van der Waals surface area contributed by atoms with Crippen LogP contribution in [-0.4, -0.2) is 36.8 Å². The predicted octanol–water partition coefficient (Wildman–Crippen LogP) is 2.61. The topological polar surface area (TPSA) is 70.7 Å². The van der Waals surface area contributed by atoms with Gasteiger partial charge >= 0.3 is 0 Å². The van der Waals surface area contributed by atoms with Crippen LogP contribution >= 0.6 is 0 Å². The number of nitrogens with two attached hydrogens (primary N) is 1. The van der Waals surface area contributed by atoms with Gasteiger partial charge < -0.3 is 16.0 Å². The minimum absolute atomic E-state index is 0.149. The van der Waals surface area contributed by atoms with Gasteiger partial charge in [0.05, 0.1) is 11.7 Å². The van der Waals surface area contributed by atoms with Crippen molar-refractivity contribution < 1.29 is 4.79 Å². The van der Waals surface area contributed by atoms with Crippen molar-refractivity contribution in [2.45, 2.75) is 33.2 Å². The number of anilines is 1. The molecule has 0 unspecified atom stereocenters. The maximum Gasteiger partial charge on any atom is 0.241 e. The van der Waals surface area contributed by atoms with Gasteiger partial charge in [0.1, 0.15) is 5.84 Å². The second-order valence-corrected chi connectivity index (χ2v) is 5.83. The number of nitrogens with one attached hydrogen (secondary N) is 1. The van der Waals surface area contributed by atoms with Crippen LogP contribution in [0.1, 0.15) is 27.2 Å². The van der Waals surface area contributed by atoms with Crippen LogP contribution in [0.15, 0.2) is 29.3 Å². The van der Waals surface area contributed by atoms with Crippen LogP contribution in [0.3, 0.4) is 0 Å². The molecular formula is C16H26N4O. The summed E-state index contributed by atoms with van der Waals surface area (Å²) in [6, 6.07) is 6.94. The van der Waals surface area contributed by atoms with Gasteiger partial charge in [-0.15, -0.1) is 0 Å². The fourth-order valence-corrected chi connectivity index (χ4v) is 1.76. The van der Waals surface area contributed by atoms with Crippen LogP contribution in [-0.2, 0) is 4.79 Å². The summed E-state index contributed by atoms with van der Waals surface area (Å²) in [5.41, 5.74) is 7.44. The number of aliphatic imine (C=N–C) groups is 1. The third-order valence-corrected chi connectivity index (χ3v) is 3.14. The van der Waals surface area contributed by atoms with Crippen molar-refractivity contribution in [2.75, 3.05) is 19.4 Å². The third-order valence-electron chi connectivity index (χ3n) is 3.14. The number of rotatable bonds is 5. The normalized spacial score (nSPS) is 13.2. The van der Waals surface area contributed by atoms with Crippen LogP contribution in [0, 0.1) is 5.92 Å². The molecule has 0 aliphatic carbocycles. The molecule has 1 atom stereocenters. The van der Waals surface area contributed by atoms with E-state index in [1.807, 2.05) is 64.0 Å². The SMILES string of the molecule is CC(=Nc1ccc(NC(=O)[C@@H](N)CC(C)C)cc1)N(C)C. The molecule has 0 aromatic heterocycles. The molecule has 0 spiro atoms. The van der Waals surface area contributed by atoms with E-state index in [1.54, 1.807) is 0 Å². The van der Waals surface area contributed by atoms with Crippen molar-refractivity contribution in [3.63, 3.8) is 0 Å². The van der Waals surface area contributed by atoms with Crippen molar-refractivity contribution in [1.29, 1.82) is 0 Å². The Balaban J connectivity index is 2.67. The molecule has 1 rings (SSSR count). The highest BCUT2D eigenvalue weighted by atomic mass is 16.2. The average Bonchev–Trinajstić information content (AvgIpc) is 2.39. The van der Waals surface area contributed by atoms with Crippen LogP contribution in [0.25, 0.3) is 0 Å². The largest absolute Gasteiger partial charge is 0.366 e. The number of hydrogen-bond donors (Lipinski definition) is 2. The molecule has 0 fully saturated rings. The first-order valence-electron chi connectivity index (χ1n) is 7.18. The second-order valence-electron chi connectivity index (χ2n) is 5.83. The lowest BCUT2D eigenvalue weighted by Crippen LogP contribution is -2.36. The van der Waals surface area contributed by atoms with Gasteiger partial charge in [-0.1, -0.05) is 13.8 Å². The van der Waals surface area contributed by atoms with Gasteiger partial charge in [-0.05, 0) is 43.5 Å². The lowest BCUT2D eigenvalue weighted by Gasteiger charge is -2.14. The molecule has 1 aromatic rings. The van der Waals surface area contributed by atoms with Gasteiger partial charge in [-0.2, -0.15) is 0 Å². The quantitative estimate of drug-likeness (QED) is 0.647. The summed E-state index contributed by atoms with van der Waals surface area (Å²) < 4.78 is 0. The predicted molar refractivity (Wildman–Crippen MR) is 89.0 cm³/mol. The van der Waals surface area contributed by atoms with E-state index in [9.17, 15) is 4.79 Å². The minimum atomic E-state index is -0.473. The van der Waals surface area contributed by atoms with Gasteiger partial charge in [0.2, 0.25) is 5.91 Å². The molecule has 0 aliphatic heterocycles. The lowest BCUT2D eigenvalue weighted by molar-refractivity contribution is -0.117. The molecule has 5 nitrogen and oxygen atoms in total. The summed E-state index contributed by atoms with van der Waals surface area (Å²) in [4.78, 5) is 18.3. The number of amides is 1. The van der Waals surface area contributed by atoms with Gasteiger partial charge in [0.15, 0.2) is 0 Å². The van der Waals surface area contributed by atoms with Gasteiger partial charge in [-0.3, -0.25) is 4.79 Å². The number of carbonyl (C=O) groups excluding carboxylic acids is 1. The Morgan fingerprint density at radius 1 is 1.29 bits per heavy atom. The van der Waals surface area contributed by atoms with Crippen molar-refractivity contribution in [2.24, 2.45) is 16.6 Å². The summed E-state index contributed by atoms with van der Waals surface area (Å²) in [5.74, 6) is 1.17. The van der Waals surface area contributed by atoms with Gasteiger partial charge in [-0.25, -0.2) is 4.99 Å². The van der Waals surface area contributed by atoms with Crippen molar-refractivity contribution in [3.8, 4) is 0 Å². The standard InChI is InChI=1S/C16H26N4O/c1-11(2)10-15(17)16(21)19-14-8-6-13(7-9-14)18-12(3)20(4)5/h6-9,11,15H,10,17H2,1-5H3,(H,19,21)/t15-/m0/s1. The number of hydrogen-bond acceptors (Lipinski definition) is 3. The Morgan fingerprint density at radius 3 is 2.33 bits per heavy atom. The second kappa shape index (κ2) is 7.78. The zero-order valence-electron chi connectivity index (χ0n) is 13.6. The third kappa shape index (κ3) is 5.95. The Morgan fingerprint density at radius 2 is 1.86 bits per heavy atom. The molecule has 3 N–H and O–H groups in total. The van der Waals surface area contributed by atoms with E-state index in [0.29, 0.717) is 12.3 Å². The molecule has 5 heteroatoms. The number of nitrogens with zero attached hydrogens (tertiary/aromatic N) is 2.